The molecule has 0 aliphatic rings. The van der Waals surface area contributed by atoms with Crippen LogP contribution >= 0.6 is 11.8 Å². The van der Waals surface area contributed by atoms with E-state index in [1.807, 2.05) is 36.4 Å². The lowest BCUT2D eigenvalue weighted by Crippen LogP contribution is -1.86. The second-order valence-corrected chi connectivity index (χ2v) is 4.25. The van der Waals surface area contributed by atoms with Crippen LogP contribution in [0.5, 0.6) is 0 Å². The number of hydrogen-bond donors (Lipinski definition) is 1. The van der Waals surface area contributed by atoms with Crippen LogP contribution in [0.3, 0.4) is 0 Å². The van der Waals surface area contributed by atoms with Gasteiger partial charge < -0.3 is 5.73 Å². The zero-order valence-corrected chi connectivity index (χ0v) is 9.24. The number of nitrogens with two attached hydrogens (primary N) is 1. The molecule has 2 N–H and O–H groups in total. The maximum absolute atomic E-state index is 8.89. The Hall–Kier alpha value is -1.99. The molecule has 0 saturated carbocycles. The summed E-state index contributed by atoms with van der Waals surface area (Å²) in [5.41, 5.74) is 6.78. The molecule has 0 saturated heterocycles. The van der Waals surface area contributed by atoms with Gasteiger partial charge >= 0.3 is 0 Å². The van der Waals surface area contributed by atoms with E-state index in [0.717, 1.165) is 15.5 Å². The molecule has 1 aromatic heterocycles. The lowest BCUT2D eigenvalue weighted by molar-refractivity contribution is 1.18. The predicted molar refractivity (Wildman–Crippen MR) is 63.9 cm³/mol. The van der Waals surface area contributed by atoms with Gasteiger partial charge in [-0.25, -0.2) is 4.98 Å². The Bertz CT molecular complexity index is 529. The third kappa shape index (κ3) is 2.33. The molecule has 78 valence electrons. The Morgan fingerprint density at radius 2 is 1.94 bits per heavy atom. The molecule has 4 heteroatoms. The first kappa shape index (κ1) is 10.5. The van der Waals surface area contributed by atoms with Crippen molar-refractivity contribution in [2.24, 2.45) is 0 Å². The molecule has 0 aliphatic heterocycles. The van der Waals surface area contributed by atoms with Crippen molar-refractivity contribution in [3.8, 4) is 6.07 Å². The monoisotopic (exact) mass is 227 g/mol. The zero-order valence-electron chi connectivity index (χ0n) is 8.42. The molecule has 0 aliphatic carbocycles. The number of nitrogen functional groups attached to an aromatic ring is 1. The van der Waals surface area contributed by atoms with Gasteiger partial charge in [0.05, 0.1) is 0 Å². The molecule has 0 amide bonds. The van der Waals surface area contributed by atoms with E-state index in [2.05, 4.69) is 11.1 Å². The number of aromatic nitrogens is 1. The van der Waals surface area contributed by atoms with Crippen LogP contribution in [0.4, 0.5) is 5.69 Å². The molecule has 3 nitrogen and oxygen atoms in total. The highest BCUT2D eigenvalue weighted by Crippen LogP contribution is 2.29. The summed E-state index contributed by atoms with van der Waals surface area (Å²) in [5, 5.41) is 8.89. The molecular weight excluding hydrogens is 218 g/mol. The van der Waals surface area contributed by atoms with Crippen molar-refractivity contribution < 1.29 is 0 Å². The van der Waals surface area contributed by atoms with Gasteiger partial charge in [-0.2, -0.15) is 5.26 Å². The van der Waals surface area contributed by atoms with Crippen LogP contribution in [0, 0.1) is 11.3 Å². The Morgan fingerprint density at radius 1 is 1.19 bits per heavy atom. The number of hydrogen-bond acceptors (Lipinski definition) is 4. The first-order valence-corrected chi connectivity index (χ1v) is 5.50. The minimum atomic E-state index is 0.448. The zero-order chi connectivity index (χ0) is 11.4. The van der Waals surface area contributed by atoms with Gasteiger partial charge in [-0.1, -0.05) is 11.8 Å². The molecule has 1 heterocycles. The molecule has 2 aromatic rings. The van der Waals surface area contributed by atoms with Crippen LogP contribution in [0.15, 0.2) is 52.4 Å². The van der Waals surface area contributed by atoms with E-state index in [-0.39, 0.29) is 0 Å². The van der Waals surface area contributed by atoms with Crippen molar-refractivity contribution in [2.75, 3.05) is 5.73 Å². The van der Waals surface area contributed by atoms with E-state index in [1.54, 1.807) is 6.20 Å². The van der Waals surface area contributed by atoms with Crippen molar-refractivity contribution >= 4 is 17.4 Å². The normalized spacial score (nSPS) is 9.69. The Balaban J connectivity index is 2.27. The molecule has 0 bridgehead atoms. The maximum Gasteiger partial charge on any atom is 0.154 e. The van der Waals surface area contributed by atoms with Crippen molar-refractivity contribution in [3.63, 3.8) is 0 Å². The first-order valence-electron chi connectivity index (χ1n) is 4.68. The van der Waals surface area contributed by atoms with Crippen molar-refractivity contribution in [2.45, 2.75) is 9.79 Å². The smallest absolute Gasteiger partial charge is 0.154 e. The van der Waals surface area contributed by atoms with Gasteiger partial charge in [-0.3, -0.25) is 0 Å². The molecule has 2 rings (SSSR count). The van der Waals surface area contributed by atoms with E-state index in [1.165, 1.54) is 11.8 Å². The van der Waals surface area contributed by atoms with Gasteiger partial charge in [-0.05, 0) is 36.4 Å². The Morgan fingerprint density at radius 3 is 2.62 bits per heavy atom. The minimum Gasteiger partial charge on any atom is -0.399 e. The highest BCUT2D eigenvalue weighted by atomic mass is 32.2. The molecule has 0 atom stereocenters. The number of benzene rings is 1. The summed E-state index contributed by atoms with van der Waals surface area (Å²) in [5.74, 6) is 0. The summed E-state index contributed by atoms with van der Waals surface area (Å²) in [6.07, 6.45) is 1.62. The highest BCUT2D eigenvalue weighted by Gasteiger charge is 2.03. The lowest BCUT2D eigenvalue weighted by atomic mass is 10.3. The second-order valence-electron chi connectivity index (χ2n) is 3.13. The van der Waals surface area contributed by atoms with Crippen molar-refractivity contribution in [3.05, 3.63) is 48.3 Å². The topological polar surface area (TPSA) is 62.7 Å². The van der Waals surface area contributed by atoms with E-state index in [0.29, 0.717) is 5.69 Å². The van der Waals surface area contributed by atoms with Crippen LogP contribution in [-0.4, -0.2) is 4.98 Å². The summed E-state index contributed by atoms with van der Waals surface area (Å²) in [7, 11) is 0. The highest BCUT2D eigenvalue weighted by molar-refractivity contribution is 7.99. The van der Waals surface area contributed by atoms with E-state index >= 15 is 0 Å². The molecule has 0 unspecified atom stereocenters. The van der Waals surface area contributed by atoms with Gasteiger partial charge in [0.1, 0.15) is 6.07 Å². The number of pyridine rings is 1. The molecular formula is C12H9N3S. The van der Waals surface area contributed by atoms with E-state index in [4.69, 9.17) is 11.0 Å². The fourth-order valence-corrected chi connectivity index (χ4v) is 2.09. The van der Waals surface area contributed by atoms with Gasteiger partial charge in [0.25, 0.3) is 0 Å². The third-order valence-electron chi connectivity index (χ3n) is 1.98. The van der Waals surface area contributed by atoms with E-state index < -0.39 is 0 Å². The van der Waals surface area contributed by atoms with Crippen LogP contribution in [0.25, 0.3) is 0 Å². The first-order chi connectivity index (χ1) is 7.79. The Labute approximate surface area is 97.9 Å². The summed E-state index contributed by atoms with van der Waals surface area (Å²) in [4.78, 5) is 5.90. The van der Waals surface area contributed by atoms with Gasteiger partial charge in [0.2, 0.25) is 0 Å². The van der Waals surface area contributed by atoms with E-state index in [9.17, 15) is 0 Å². The quantitative estimate of drug-likeness (QED) is 0.801. The van der Waals surface area contributed by atoms with Gasteiger partial charge in [0, 0.05) is 21.7 Å². The lowest BCUT2D eigenvalue weighted by Gasteiger charge is -2.02. The summed E-state index contributed by atoms with van der Waals surface area (Å²) >= 11 is 1.51. The predicted octanol–water partition coefficient (Wildman–Crippen LogP) is 2.69. The molecule has 16 heavy (non-hydrogen) atoms. The van der Waals surface area contributed by atoms with Gasteiger partial charge in [0.15, 0.2) is 5.69 Å². The fraction of sp³-hybridized carbons (Fsp3) is 0. The molecule has 0 radical (unpaired) electrons. The molecule has 0 spiro atoms. The summed E-state index contributed by atoms with van der Waals surface area (Å²) < 4.78 is 0. The average Bonchev–Trinajstić information content (AvgIpc) is 2.33. The second kappa shape index (κ2) is 4.69. The van der Waals surface area contributed by atoms with Crippen LogP contribution in [-0.2, 0) is 0 Å². The van der Waals surface area contributed by atoms with Crippen molar-refractivity contribution in [1.29, 1.82) is 5.26 Å². The SMILES string of the molecule is N#Cc1ncccc1Sc1ccc(N)cc1. The summed E-state index contributed by atoms with van der Waals surface area (Å²) in [6.45, 7) is 0. The number of nitriles is 1. The fourth-order valence-electron chi connectivity index (χ4n) is 1.22. The van der Waals surface area contributed by atoms with Crippen LogP contribution in [0.1, 0.15) is 5.69 Å². The number of rotatable bonds is 2. The molecule has 0 fully saturated rings. The molecule has 1 aromatic carbocycles. The average molecular weight is 227 g/mol. The third-order valence-corrected chi connectivity index (χ3v) is 3.04. The maximum atomic E-state index is 8.89. The van der Waals surface area contributed by atoms with Crippen molar-refractivity contribution in [1.82, 2.24) is 4.98 Å². The Kier molecular flexibility index (Phi) is 3.08. The largest absolute Gasteiger partial charge is 0.399 e. The summed E-state index contributed by atoms with van der Waals surface area (Å²) in [6, 6.07) is 13.3. The van der Waals surface area contributed by atoms with Gasteiger partial charge in [-0.15, -0.1) is 0 Å². The van der Waals surface area contributed by atoms with Crippen LogP contribution in [0.2, 0.25) is 0 Å². The number of nitrogens with zero attached hydrogens (tertiary/aromatic N) is 2. The number of anilines is 1. The minimum absolute atomic E-state index is 0.448. The van der Waals surface area contributed by atoms with Crippen LogP contribution < -0.4 is 5.73 Å². The standard InChI is InChI=1S/C12H9N3S/c13-8-11-12(2-1-7-15-11)16-10-5-3-9(14)4-6-10/h1-7H,14H2.